The highest BCUT2D eigenvalue weighted by atomic mass is 16.5. The molecule has 80 valence electrons. The maximum atomic E-state index is 5.31. The lowest BCUT2D eigenvalue weighted by atomic mass is 9.92. The van der Waals surface area contributed by atoms with Gasteiger partial charge in [-0.15, -0.1) is 0 Å². The van der Waals surface area contributed by atoms with Crippen LogP contribution in [-0.2, 0) is 6.42 Å². The van der Waals surface area contributed by atoms with Crippen molar-refractivity contribution in [2.24, 2.45) is 0 Å². The zero-order valence-electron chi connectivity index (χ0n) is 9.23. The molecule has 1 aliphatic carbocycles. The fourth-order valence-corrected chi connectivity index (χ4v) is 2.19. The molecule has 0 unspecified atom stereocenters. The van der Waals surface area contributed by atoms with E-state index in [0.717, 1.165) is 24.3 Å². The number of aromatic nitrogens is 1. The average Bonchev–Trinajstić information content (AvgIpc) is 2.72. The summed E-state index contributed by atoms with van der Waals surface area (Å²) in [5.74, 6) is 0.933. The van der Waals surface area contributed by atoms with Crippen LogP contribution in [0, 0.1) is 6.92 Å². The highest BCUT2D eigenvalue weighted by molar-refractivity contribution is 5.82. The van der Waals surface area contributed by atoms with E-state index in [2.05, 4.69) is 35.5 Å². The van der Waals surface area contributed by atoms with E-state index in [0.29, 0.717) is 0 Å². The third-order valence-electron chi connectivity index (χ3n) is 3.11. The van der Waals surface area contributed by atoms with Gasteiger partial charge in [0.2, 0.25) is 0 Å². The molecule has 0 saturated heterocycles. The minimum absolute atomic E-state index is 0.933. The van der Waals surface area contributed by atoms with Gasteiger partial charge in [0.15, 0.2) is 5.76 Å². The molecule has 2 aromatic rings. The molecule has 0 radical (unpaired) electrons. The molecule has 0 amide bonds. The molecule has 1 aromatic carbocycles. The van der Waals surface area contributed by atoms with Gasteiger partial charge in [0.25, 0.3) is 0 Å². The van der Waals surface area contributed by atoms with Gasteiger partial charge in [-0.25, -0.2) is 0 Å². The van der Waals surface area contributed by atoms with Gasteiger partial charge < -0.3 is 4.52 Å². The SMILES string of the molecule is Cc1noc2c1CCC(c1ccccc1)=C2. The van der Waals surface area contributed by atoms with E-state index in [1.165, 1.54) is 16.7 Å². The largest absolute Gasteiger partial charge is 0.356 e. The lowest BCUT2D eigenvalue weighted by Gasteiger charge is -2.12. The van der Waals surface area contributed by atoms with Crippen LogP contribution in [0.5, 0.6) is 0 Å². The molecule has 0 N–H and O–H groups in total. The maximum Gasteiger partial charge on any atom is 0.163 e. The van der Waals surface area contributed by atoms with Gasteiger partial charge in [-0.2, -0.15) is 0 Å². The number of aryl methyl sites for hydroxylation is 1. The normalized spacial score (nSPS) is 14.4. The van der Waals surface area contributed by atoms with Crippen molar-refractivity contribution in [1.82, 2.24) is 5.16 Å². The molecular formula is C14H13NO. The Morgan fingerprint density at radius 2 is 1.94 bits per heavy atom. The van der Waals surface area contributed by atoms with Gasteiger partial charge in [0, 0.05) is 5.56 Å². The van der Waals surface area contributed by atoms with Gasteiger partial charge in [-0.3, -0.25) is 0 Å². The van der Waals surface area contributed by atoms with Gasteiger partial charge in [0.1, 0.15) is 0 Å². The summed E-state index contributed by atoms with van der Waals surface area (Å²) in [6.07, 6.45) is 4.22. The second-order valence-electron chi connectivity index (χ2n) is 4.15. The van der Waals surface area contributed by atoms with Crippen molar-refractivity contribution in [3.8, 4) is 0 Å². The molecule has 2 nitrogen and oxygen atoms in total. The summed E-state index contributed by atoms with van der Waals surface area (Å²) >= 11 is 0. The van der Waals surface area contributed by atoms with Gasteiger partial charge in [-0.05, 0) is 37.0 Å². The number of hydrogen-bond acceptors (Lipinski definition) is 2. The monoisotopic (exact) mass is 211 g/mol. The molecule has 0 saturated carbocycles. The Morgan fingerprint density at radius 1 is 1.12 bits per heavy atom. The van der Waals surface area contributed by atoms with Crippen molar-refractivity contribution in [1.29, 1.82) is 0 Å². The topological polar surface area (TPSA) is 26.0 Å². The molecule has 0 spiro atoms. The van der Waals surface area contributed by atoms with Crippen LogP contribution in [0.15, 0.2) is 34.9 Å². The average molecular weight is 211 g/mol. The molecule has 1 aromatic heterocycles. The predicted molar refractivity (Wildman–Crippen MR) is 63.9 cm³/mol. The Hall–Kier alpha value is -1.83. The summed E-state index contributed by atoms with van der Waals surface area (Å²) < 4.78 is 5.31. The van der Waals surface area contributed by atoms with E-state index in [-0.39, 0.29) is 0 Å². The molecule has 1 heterocycles. The quantitative estimate of drug-likeness (QED) is 0.721. The first-order chi connectivity index (χ1) is 7.84. The number of benzene rings is 1. The van der Waals surface area contributed by atoms with Crippen LogP contribution in [0.1, 0.15) is 29.0 Å². The first-order valence-corrected chi connectivity index (χ1v) is 5.56. The Balaban J connectivity index is 2.04. The number of rotatable bonds is 1. The van der Waals surface area contributed by atoms with Crippen LogP contribution in [-0.4, -0.2) is 5.16 Å². The van der Waals surface area contributed by atoms with Crippen LogP contribution in [0.4, 0.5) is 0 Å². The Labute approximate surface area is 94.6 Å². The highest BCUT2D eigenvalue weighted by Gasteiger charge is 2.17. The van der Waals surface area contributed by atoms with Crippen molar-refractivity contribution in [3.05, 3.63) is 52.9 Å². The number of fused-ring (bicyclic) bond motifs is 1. The third kappa shape index (κ3) is 1.47. The zero-order valence-corrected chi connectivity index (χ0v) is 9.23. The van der Waals surface area contributed by atoms with Gasteiger partial charge >= 0.3 is 0 Å². The van der Waals surface area contributed by atoms with Gasteiger partial charge in [0.05, 0.1) is 5.69 Å². The van der Waals surface area contributed by atoms with Crippen molar-refractivity contribution >= 4 is 11.6 Å². The van der Waals surface area contributed by atoms with Gasteiger partial charge in [-0.1, -0.05) is 35.5 Å². The van der Waals surface area contributed by atoms with E-state index in [9.17, 15) is 0 Å². The third-order valence-corrected chi connectivity index (χ3v) is 3.11. The van der Waals surface area contributed by atoms with E-state index in [1.807, 2.05) is 13.0 Å². The molecule has 0 aliphatic heterocycles. The van der Waals surface area contributed by atoms with E-state index in [1.54, 1.807) is 0 Å². The van der Waals surface area contributed by atoms with Crippen molar-refractivity contribution < 1.29 is 4.52 Å². The first kappa shape index (κ1) is 9.40. The molecule has 0 bridgehead atoms. The van der Waals surface area contributed by atoms with Crippen LogP contribution >= 0.6 is 0 Å². The molecule has 1 aliphatic rings. The van der Waals surface area contributed by atoms with Crippen LogP contribution in [0.25, 0.3) is 11.6 Å². The molecule has 0 fully saturated rings. The first-order valence-electron chi connectivity index (χ1n) is 5.56. The molecule has 3 rings (SSSR count). The number of hydrogen-bond donors (Lipinski definition) is 0. The summed E-state index contributed by atoms with van der Waals surface area (Å²) in [6, 6.07) is 10.5. The van der Waals surface area contributed by atoms with E-state index in [4.69, 9.17) is 4.52 Å². The summed E-state index contributed by atoms with van der Waals surface area (Å²) in [6.45, 7) is 2.00. The molecule has 0 atom stereocenters. The van der Waals surface area contributed by atoms with Crippen LogP contribution in [0.2, 0.25) is 0 Å². The van der Waals surface area contributed by atoms with E-state index < -0.39 is 0 Å². The summed E-state index contributed by atoms with van der Waals surface area (Å²) in [7, 11) is 0. The maximum absolute atomic E-state index is 5.31. The lowest BCUT2D eigenvalue weighted by Crippen LogP contribution is -1.97. The summed E-state index contributed by atoms with van der Waals surface area (Å²) in [5, 5.41) is 4.01. The fourth-order valence-electron chi connectivity index (χ4n) is 2.19. The Morgan fingerprint density at radius 3 is 2.75 bits per heavy atom. The Kier molecular flexibility index (Phi) is 2.13. The van der Waals surface area contributed by atoms with Crippen molar-refractivity contribution in [2.75, 3.05) is 0 Å². The van der Waals surface area contributed by atoms with Crippen LogP contribution < -0.4 is 0 Å². The number of nitrogens with zero attached hydrogens (tertiary/aromatic N) is 1. The summed E-state index contributed by atoms with van der Waals surface area (Å²) in [5.41, 5.74) is 4.91. The second-order valence-corrected chi connectivity index (χ2v) is 4.15. The standard InChI is InChI=1S/C14H13NO/c1-10-13-8-7-12(9-14(13)16-15-10)11-5-3-2-4-6-11/h2-6,9H,7-8H2,1H3. The Bertz CT molecular complexity index is 537. The fraction of sp³-hybridized carbons (Fsp3) is 0.214. The predicted octanol–water partition coefficient (Wildman–Crippen LogP) is 3.47. The lowest BCUT2D eigenvalue weighted by molar-refractivity contribution is 0.407. The van der Waals surface area contributed by atoms with Crippen molar-refractivity contribution in [3.63, 3.8) is 0 Å². The zero-order chi connectivity index (χ0) is 11.0. The minimum Gasteiger partial charge on any atom is -0.356 e. The molecule has 2 heteroatoms. The summed E-state index contributed by atoms with van der Waals surface area (Å²) in [4.78, 5) is 0. The second kappa shape index (κ2) is 3.63. The van der Waals surface area contributed by atoms with E-state index >= 15 is 0 Å². The number of allylic oxidation sites excluding steroid dienone is 1. The van der Waals surface area contributed by atoms with Crippen LogP contribution in [0.3, 0.4) is 0 Å². The molecular weight excluding hydrogens is 198 g/mol. The minimum atomic E-state index is 0.933. The van der Waals surface area contributed by atoms with Crippen molar-refractivity contribution in [2.45, 2.75) is 19.8 Å². The smallest absolute Gasteiger partial charge is 0.163 e. The highest BCUT2D eigenvalue weighted by Crippen LogP contribution is 2.31. The molecule has 16 heavy (non-hydrogen) atoms.